The first-order chi connectivity index (χ1) is 17.6. The first-order valence-electron chi connectivity index (χ1n) is 11.5. The molecule has 5 rings (SSSR count). The number of aromatic nitrogens is 2. The number of fused-ring (bicyclic) bond motifs is 1. The number of hydrogen-bond donors (Lipinski definition) is 2. The molecule has 0 saturated carbocycles. The van der Waals surface area contributed by atoms with Gasteiger partial charge in [0.05, 0.1) is 29.9 Å². The van der Waals surface area contributed by atoms with E-state index in [2.05, 4.69) is 16.5 Å². The van der Waals surface area contributed by atoms with Crippen LogP contribution < -0.4 is 16.0 Å². The van der Waals surface area contributed by atoms with Gasteiger partial charge in [0, 0.05) is 31.5 Å². The van der Waals surface area contributed by atoms with E-state index in [0.717, 1.165) is 28.1 Å². The van der Waals surface area contributed by atoms with Crippen LogP contribution in [0.25, 0.3) is 11.1 Å². The van der Waals surface area contributed by atoms with Crippen molar-refractivity contribution in [1.82, 2.24) is 9.78 Å². The summed E-state index contributed by atoms with van der Waals surface area (Å²) in [5, 5.41) is 15.5. The predicted octanol–water partition coefficient (Wildman–Crippen LogP) is 4.08. The minimum atomic E-state index is -0.198. The summed E-state index contributed by atoms with van der Waals surface area (Å²) in [5.41, 5.74) is 12.0. The molecule has 0 fully saturated rings. The fourth-order valence-electron chi connectivity index (χ4n) is 3.97. The zero-order chi connectivity index (χ0) is 25.5. The lowest BCUT2D eigenvalue weighted by molar-refractivity contribution is 0.0956. The average molecular weight is 479 g/mol. The van der Waals surface area contributed by atoms with Crippen LogP contribution in [0, 0.1) is 11.3 Å². The molecule has 0 unspecified atom stereocenters. The van der Waals surface area contributed by atoms with Gasteiger partial charge in [-0.05, 0) is 47.0 Å². The maximum absolute atomic E-state index is 12.8. The van der Waals surface area contributed by atoms with Gasteiger partial charge in [0.15, 0.2) is 6.29 Å². The average Bonchev–Trinajstić information content (AvgIpc) is 3.38. The Labute approximate surface area is 209 Å². The maximum atomic E-state index is 12.8. The normalized spacial score (nSPS) is 12.1. The van der Waals surface area contributed by atoms with Gasteiger partial charge in [0.25, 0.3) is 5.91 Å². The summed E-state index contributed by atoms with van der Waals surface area (Å²) in [5.74, 6) is -0.198. The van der Waals surface area contributed by atoms with Crippen LogP contribution in [0.5, 0.6) is 0 Å². The number of carbonyl (C=O) groups excluding carboxylic acids is 2. The van der Waals surface area contributed by atoms with Crippen molar-refractivity contribution in [2.24, 2.45) is 5.73 Å². The molecule has 3 N–H and O–H groups in total. The molecule has 36 heavy (non-hydrogen) atoms. The van der Waals surface area contributed by atoms with Gasteiger partial charge in [-0.3, -0.25) is 14.3 Å². The third kappa shape index (κ3) is 5.17. The van der Waals surface area contributed by atoms with E-state index in [0.29, 0.717) is 42.7 Å². The number of benzene rings is 3. The van der Waals surface area contributed by atoms with Crippen LogP contribution in [-0.2, 0) is 13.1 Å². The summed E-state index contributed by atoms with van der Waals surface area (Å²) in [6, 6.07) is 25.4. The van der Waals surface area contributed by atoms with Crippen LogP contribution in [0.15, 0.2) is 79.0 Å². The number of aldehydes is 1. The molecule has 0 aliphatic carbocycles. The molecule has 0 atom stereocenters. The molecule has 3 aromatic carbocycles. The van der Waals surface area contributed by atoms with Gasteiger partial charge in [-0.15, -0.1) is 0 Å². The Morgan fingerprint density at radius 3 is 2.36 bits per heavy atom. The Morgan fingerprint density at radius 1 is 1.06 bits per heavy atom. The minimum Gasteiger partial charge on any atom is -0.388 e. The van der Waals surface area contributed by atoms with Gasteiger partial charge < -0.3 is 16.0 Å². The molecule has 1 aliphatic heterocycles. The van der Waals surface area contributed by atoms with Crippen molar-refractivity contribution in [1.29, 1.82) is 5.26 Å². The number of nitrogens with zero attached hydrogens (tertiary/aromatic N) is 4. The van der Waals surface area contributed by atoms with E-state index in [1.54, 1.807) is 21.7 Å². The second-order valence-corrected chi connectivity index (χ2v) is 8.14. The molecule has 0 spiro atoms. The quantitative estimate of drug-likeness (QED) is 0.418. The van der Waals surface area contributed by atoms with E-state index in [9.17, 15) is 9.59 Å². The summed E-state index contributed by atoms with van der Waals surface area (Å²) >= 11 is 0. The first kappa shape index (κ1) is 24.4. The second kappa shape index (κ2) is 11.1. The lowest BCUT2D eigenvalue weighted by atomic mass is 10.0. The Hall–Kier alpha value is -4.74. The zero-order valence-electron chi connectivity index (χ0n) is 19.9. The largest absolute Gasteiger partial charge is 0.388 e. The van der Waals surface area contributed by atoms with E-state index in [4.69, 9.17) is 11.0 Å². The summed E-state index contributed by atoms with van der Waals surface area (Å²) < 4.78 is 1.59. The van der Waals surface area contributed by atoms with E-state index < -0.39 is 0 Å². The molecule has 8 heteroatoms. The Bertz CT molecular complexity index is 1400. The Morgan fingerprint density at radius 2 is 1.75 bits per heavy atom. The Kier molecular flexibility index (Phi) is 7.54. The number of nitrogens with one attached hydrogen (secondary N) is 1. The van der Waals surface area contributed by atoms with Gasteiger partial charge >= 0.3 is 0 Å². The van der Waals surface area contributed by atoms with Gasteiger partial charge in [-0.25, -0.2) is 0 Å². The molecule has 2 heterocycles. The third-order valence-electron chi connectivity index (χ3n) is 5.96. The molecular weight excluding hydrogens is 452 g/mol. The molecule has 1 aliphatic rings. The van der Waals surface area contributed by atoms with Crippen LogP contribution in [0.2, 0.25) is 0 Å². The summed E-state index contributed by atoms with van der Waals surface area (Å²) in [4.78, 5) is 25.6. The number of amides is 1. The molecular formula is C28H26N6O2. The maximum Gasteiger partial charge on any atom is 0.277 e. The van der Waals surface area contributed by atoms with Crippen LogP contribution in [0.3, 0.4) is 0 Å². The molecule has 0 saturated heterocycles. The second-order valence-electron chi connectivity index (χ2n) is 8.14. The van der Waals surface area contributed by atoms with Crippen molar-refractivity contribution in [2.75, 3.05) is 23.8 Å². The number of anilines is 2. The predicted molar refractivity (Wildman–Crippen MR) is 140 cm³/mol. The molecule has 8 nitrogen and oxygen atoms in total. The van der Waals surface area contributed by atoms with E-state index in [-0.39, 0.29) is 5.91 Å². The number of nitrogens with two attached hydrogens (primary N) is 1. The monoisotopic (exact) mass is 478 g/mol. The molecule has 1 aromatic heterocycles. The highest BCUT2D eigenvalue weighted by Crippen LogP contribution is 2.26. The van der Waals surface area contributed by atoms with E-state index in [1.807, 2.05) is 67.7 Å². The highest BCUT2D eigenvalue weighted by molar-refractivity contribution is 6.09. The number of rotatable bonds is 5. The number of hydrogen-bond acceptors (Lipinski definition) is 6. The zero-order valence-corrected chi connectivity index (χ0v) is 19.9. The summed E-state index contributed by atoms with van der Waals surface area (Å²) in [7, 11) is 1.83. The van der Waals surface area contributed by atoms with Crippen LogP contribution in [0.4, 0.5) is 11.4 Å². The van der Waals surface area contributed by atoms with E-state index in [1.165, 1.54) is 6.20 Å². The Balaban J connectivity index is 0.000000256. The fourth-order valence-corrected chi connectivity index (χ4v) is 3.97. The van der Waals surface area contributed by atoms with Gasteiger partial charge in [0.1, 0.15) is 5.69 Å². The van der Waals surface area contributed by atoms with Crippen molar-refractivity contribution in [3.8, 4) is 17.2 Å². The molecule has 0 radical (unpaired) electrons. The lowest BCUT2D eigenvalue weighted by Gasteiger charge is -2.28. The minimum absolute atomic E-state index is 0.198. The van der Waals surface area contributed by atoms with Crippen LogP contribution >= 0.6 is 0 Å². The summed E-state index contributed by atoms with van der Waals surface area (Å²) in [6.07, 6.45) is 2.12. The standard InChI is InChI=1S/C20H18N4O2.C8H8N2/c21-11-14-1-3-15(4-2-14)16-5-7-18(8-6-16)23-9-10-24-19(20(23)26)17(13-25)12-22-24;1-10-8-4-2-3-7(5-8)6-9/h1-8,12-13H,9-11,21H2;2-5,10H,1H3. The lowest BCUT2D eigenvalue weighted by Crippen LogP contribution is -2.41. The van der Waals surface area contributed by atoms with Crippen molar-refractivity contribution in [2.45, 2.75) is 13.1 Å². The summed E-state index contributed by atoms with van der Waals surface area (Å²) in [6.45, 7) is 1.61. The van der Waals surface area contributed by atoms with Crippen molar-refractivity contribution in [3.05, 3.63) is 101 Å². The molecule has 180 valence electrons. The first-order valence-corrected chi connectivity index (χ1v) is 11.5. The molecule has 4 aromatic rings. The van der Waals surface area contributed by atoms with Crippen molar-refractivity contribution < 1.29 is 9.59 Å². The SMILES string of the molecule is CNc1cccc(C#N)c1.NCc1ccc(-c2ccc(N3CCn4ncc(C=O)c4C3=O)cc2)cc1. The smallest absolute Gasteiger partial charge is 0.277 e. The van der Waals surface area contributed by atoms with Gasteiger partial charge in [-0.1, -0.05) is 42.5 Å². The third-order valence-corrected chi connectivity index (χ3v) is 5.96. The van der Waals surface area contributed by atoms with Crippen molar-refractivity contribution in [3.63, 3.8) is 0 Å². The number of nitriles is 1. The highest BCUT2D eigenvalue weighted by Gasteiger charge is 2.29. The van der Waals surface area contributed by atoms with Crippen molar-refractivity contribution >= 4 is 23.6 Å². The molecule has 0 bridgehead atoms. The van der Waals surface area contributed by atoms with Gasteiger partial charge in [-0.2, -0.15) is 10.4 Å². The number of carbonyl (C=O) groups is 2. The fraction of sp³-hybridized carbons (Fsp3) is 0.143. The molecule has 1 amide bonds. The van der Waals surface area contributed by atoms with E-state index >= 15 is 0 Å². The van der Waals surface area contributed by atoms with Crippen LogP contribution in [-0.4, -0.2) is 35.6 Å². The topological polar surface area (TPSA) is 117 Å². The van der Waals surface area contributed by atoms with Gasteiger partial charge in [0.2, 0.25) is 0 Å². The van der Waals surface area contributed by atoms with Crippen LogP contribution in [0.1, 0.15) is 32.0 Å². The highest BCUT2D eigenvalue weighted by atomic mass is 16.2.